The Bertz CT molecular complexity index is 799. The van der Waals surface area contributed by atoms with Crippen LogP contribution in [-0.4, -0.2) is 33.7 Å². The number of nitrogens with one attached hydrogen (secondary N) is 2. The first-order valence-electron chi connectivity index (χ1n) is 8.34. The third kappa shape index (κ3) is 3.99. The molecular formula is C18H23N5O2. The lowest BCUT2D eigenvalue weighted by Gasteiger charge is -2.23. The Labute approximate surface area is 147 Å². The molecule has 1 aromatic heterocycles. The van der Waals surface area contributed by atoms with Crippen LogP contribution in [0.3, 0.4) is 0 Å². The highest BCUT2D eigenvalue weighted by molar-refractivity contribution is 5.93. The van der Waals surface area contributed by atoms with E-state index >= 15 is 0 Å². The zero-order valence-corrected chi connectivity index (χ0v) is 14.7. The first-order valence-corrected chi connectivity index (χ1v) is 8.34. The third-order valence-electron chi connectivity index (χ3n) is 4.39. The number of rotatable bonds is 4. The molecule has 0 saturated heterocycles. The van der Waals surface area contributed by atoms with E-state index in [1.54, 1.807) is 22.8 Å². The monoisotopic (exact) mass is 341 g/mol. The van der Waals surface area contributed by atoms with E-state index in [1.807, 2.05) is 32.3 Å². The van der Waals surface area contributed by atoms with Crippen molar-refractivity contribution in [3.63, 3.8) is 0 Å². The molecule has 2 aromatic rings. The van der Waals surface area contributed by atoms with Gasteiger partial charge < -0.3 is 15.5 Å². The molecule has 1 aromatic carbocycles. The Morgan fingerprint density at radius 3 is 2.96 bits per heavy atom. The minimum absolute atomic E-state index is 0.0543. The molecule has 1 aliphatic rings. The second-order valence-corrected chi connectivity index (χ2v) is 6.51. The van der Waals surface area contributed by atoms with Crippen LogP contribution < -0.4 is 10.6 Å². The second-order valence-electron chi connectivity index (χ2n) is 6.51. The van der Waals surface area contributed by atoms with Crippen molar-refractivity contribution in [3.8, 4) is 0 Å². The number of hydrogen-bond donors (Lipinski definition) is 2. The van der Waals surface area contributed by atoms with Crippen LogP contribution in [0.5, 0.6) is 0 Å². The van der Waals surface area contributed by atoms with Gasteiger partial charge in [0, 0.05) is 38.0 Å². The number of carbonyl (C=O) groups is 2. The number of anilines is 1. The number of urea groups is 1. The highest BCUT2D eigenvalue weighted by Crippen LogP contribution is 2.26. The van der Waals surface area contributed by atoms with Crippen LogP contribution in [0.25, 0.3) is 0 Å². The van der Waals surface area contributed by atoms with Gasteiger partial charge in [-0.1, -0.05) is 12.1 Å². The smallest absolute Gasteiger partial charge is 0.317 e. The summed E-state index contributed by atoms with van der Waals surface area (Å²) in [6.07, 6.45) is 4.89. The molecule has 0 spiro atoms. The maximum atomic E-state index is 12.4. The predicted molar refractivity (Wildman–Crippen MR) is 95.0 cm³/mol. The first kappa shape index (κ1) is 17.0. The summed E-state index contributed by atoms with van der Waals surface area (Å²) in [4.78, 5) is 25.5. The lowest BCUT2D eigenvalue weighted by molar-refractivity contribution is -0.116. The van der Waals surface area contributed by atoms with Crippen molar-refractivity contribution in [1.29, 1.82) is 0 Å². The normalized spacial score (nSPS) is 14.4. The number of fused-ring (bicyclic) bond motifs is 1. The van der Waals surface area contributed by atoms with Crippen LogP contribution in [0.15, 0.2) is 30.6 Å². The SMILES string of the molecule is C[C@H](NC(=O)N(C)Cc1cnn(C)c1)c1ccc2c(c1)CCC(=O)N2. The molecule has 1 atom stereocenters. The van der Waals surface area contributed by atoms with E-state index in [4.69, 9.17) is 0 Å². The topological polar surface area (TPSA) is 79.3 Å². The second kappa shape index (κ2) is 6.96. The van der Waals surface area contributed by atoms with Crippen LogP contribution in [0, 0.1) is 0 Å². The van der Waals surface area contributed by atoms with E-state index in [0.717, 1.165) is 28.8 Å². The zero-order chi connectivity index (χ0) is 18.0. The molecule has 0 radical (unpaired) electrons. The molecule has 3 rings (SSSR count). The van der Waals surface area contributed by atoms with Crippen molar-refractivity contribution >= 4 is 17.6 Å². The summed E-state index contributed by atoms with van der Waals surface area (Å²) in [5.74, 6) is 0.0543. The van der Waals surface area contributed by atoms with E-state index in [-0.39, 0.29) is 18.0 Å². The van der Waals surface area contributed by atoms with E-state index in [9.17, 15) is 9.59 Å². The summed E-state index contributed by atoms with van der Waals surface area (Å²) >= 11 is 0. The average molecular weight is 341 g/mol. The van der Waals surface area contributed by atoms with E-state index in [2.05, 4.69) is 21.8 Å². The van der Waals surface area contributed by atoms with Crippen LogP contribution in [0.1, 0.15) is 36.1 Å². The van der Waals surface area contributed by atoms with Crippen molar-refractivity contribution in [2.24, 2.45) is 7.05 Å². The minimum Gasteiger partial charge on any atom is -0.331 e. The summed E-state index contributed by atoms with van der Waals surface area (Å²) in [6.45, 7) is 2.46. The van der Waals surface area contributed by atoms with Gasteiger partial charge in [0.1, 0.15) is 0 Å². The fourth-order valence-corrected chi connectivity index (χ4v) is 2.95. The number of nitrogens with zero attached hydrogens (tertiary/aromatic N) is 3. The highest BCUT2D eigenvalue weighted by Gasteiger charge is 2.18. The van der Waals surface area contributed by atoms with Gasteiger partial charge in [-0.05, 0) is 30.5 Å². The number of aromatic nitrogens is 2. The van der Waals surface area contributed by atoms with Gasteiger partial charge in [-0.15, -0.1) is 0 Å². The zero-order valence-electron chi connectivity index (χ0n) is 14.7. The molecule has 7 nitrogen and oxygen atoms in total. The molecular weight excluding hydrogens is 318 g/mol. The molecule has 0 bridgehead atoms. The van der Waals surface area contributed by atoms with Gasteiger partial charge >= 0.3 is 6.03 Å². The number of hydrogen-bond acceptors (Lipinski definition) is 3. The van der Waals surface area contributed by atoms with E-state index in [0.29, 0.717) is 13.0 Å². The van der Waals surface area contributed by atoms with Crippen molar-refractivity contribution < 1.29 is 9.59 Å². The molecule has 2 heterocycles. The lowest BCUT2D eigenvalue weighted by atomic mass is 9.98. The molecule has 2 N–H and O–H groups in total. The van der Waals surface area contributed by atoms with Crippen molar-refractivity contribution in [1.82, 2.24) is 20.0 Å². The first-order chi connectivity index (χ1) is 11.9. The Hall–Kier alpha value is -2.83. The van der Waals surface area contributed by atoms with Gasteiger partial charge in [0.2, 0.25) is 5.91 Å². The molecule has 0 unspecified atom stereocenters. The van der Waals surface area contributed by atoms with Crippen LogP contribution in [0.4, 0.5) is 10.5 Å². The maximum absolute atomic E-state index is 12.4. The Morgan fingerprint density at radius 2 is 2.24 bits per heavy atom. The molecule has 0 saturated carbocycles. The standard InChI is InChI=1S/C18H23N5O2/c1-12(14-4-6-16-15(8-14)5-7-17(24)21-16)20-18(25)22(2)10-13-9-19-23(3)11-13/h4,6,8-9,11-12H,5,7,10H2,1-3H3,(H,20,25)(H,21,24)/t12-/m0/s1. The quantitative estimate of drug-likeness (QED) is 0.895. The summed E-state index contributed by atoms with van der Waals surface area (Å²) in [5, 5.41) is 10.00. The summed E-state index contributed by atoms with van der Waals surface area (Å²) < 4.78 is 1.72. The van der Waals surface area contributed by atoms with Gasteiger partial charge in [0.25, 0.3) is 0 Å². The summed E-state index contributed by atoms with van der Waals surface area (Å²) in [6, 6.07) is 5.65. The minimum atomic E-state index is -0.137. The van der Waals surface area contributed by atoms with Crippen LogP contribution in [0.2, 0.25) is 0 Å². The fraction of sp³-hybridized carbons (Fsp3) is 0.389. The van der Waals surface area contributed by atoms with Gasteiger partial charge in [-0.3, -0.25) is 9.48 Å². The molecule has 7 heteroatoms. The Kier molecular flexibility index (Phi) is 4.74. The number of aryl methyl sites for hydroxylation is 2. The Morgan fingerprint density at radius 1 is 1.44 bits per heavy atom. The molecule has 132 valence electrons. The maximum Gasteiger partial charge on any atom is 0.317 e. The highest BCUT2D eigenvalue weighted by atomic mass is 16.2. The molecule has 1 aliphatic heterocycles. The fourth-order valence-electron chi connectivity index (χ4n) is 2.95. The van der Waals surface area contributed by atoms with E-state index in [1.165, 1.54) is 0 Å². The molecule has 0 aliphatic carbocycles. The van der Waals surface area contributed by atoms with Gasteiger partial charge in [-0.25, -0.2) is 4.79 Å². The van der Waals surface area contributed by atoms with E-state index < -0.39 is 0 Å². The molecule has 3 amide bonds. The largest absolute Gasteiger partial charge is 0.331 e. The van der Waals surface area contributed by atoms with Crippen LogP contribution >= 0.6 is 0 Å². The van der Waals surface area contributed by atoms with Gasteiger partial charge in [0.05, 0.1) is 18.8 Å². The molecule has 0 fully saturated rings. The summed E-state index contributed by atoms with van der Waals surface area (Å²) in [7, 11) is 3.61. The lowest BCUT2D eigenvalue weighted by Crippen LogP contribution is -2.38. The van der Waals surface area contributed by atoms with Crippen LogP contribution in [-0.2, 0) is 24.8 Å². The molecule has 25 heavy (non-hydrogen) atoms. The average Bonchev–Trinajstić information content (AvgIpc) is 2.99. The predicted octanol–water partition coefficient (Wildman–Crippen LogP) is 2.21. The number of carbonyl (C=O) groups excluding carboxylic acids is 2. The summed E-state index contributed by atoms with van der Waals surface area (Å²) in [5.41, 5.74) is 3.99. The van der Waals surface area contributed by atoms with Crippen molar-refractivity contribution in [2.75, 3.05) is 12.4 Å². The Balaban J connectivity index is 1.62. The van der Waals surface area contributed by atoms with Crippen molar-refractivity contribution in [3.05, 3.63) is 47.3 Å². The number of amides is 3. The third-order valence-corrected chi connectivity index (χ3v) is 4.39. The number of benzene rings is 1. The van der Waals surface area contributed by atoms with Gasteiger partial charge in [-0.2, -0.15) is 5.10 Å². The van der Waals surface area contributed by atoms with Crippen molar-refractivity contribution in [2.45, 2.75) is 32.4 Å². The van der Waals surface area contributed by atoms with Gasteiger partial charge in [0.15, 0.2) is 0 Å².